The number of likely N-dealkylation sites (N-methyl/N-ethyl adjacent to an activating group) is 1. The van der Waals surface area contributed by atoms with Crippen molar-refractivity contribution in [2.45, 2.75) is 6.10 Å². The Balaban J connectivity index is 2.05. The summed E-state index contributed by atoms with van der Waals surface area (Å²) in [6, 6.07) is 1.45. The minimum atomic E-state index is -0.622. The van der Waals surface area contributed by atoms with Gasteiger partial charge in [0, 0.05) is 19.6 Å². The first-order chi connectivity index (χ1) is 8.99. The monoisotopic (exact) mass is 288 g/mol. The molecule has 19 heavy (non-hydrogen) atoms. The maximum atomic E-state index is 13.9. The lowest BCUT2D eigenvalue weighted by Gasteiger charge is -2.30. The number of nitrogens with zero attached hydrogens (tertiary/aromatic N) is 1. The summed E-state index contributed by atoms with van der Waals surface area (Å²) in [7, 11) is 2.02. The zero-order chi connectivity index (χ0) is 14.0. The van der Waals surface area contributed by atoms with E-state index in [0.717, 1.165) is 13.1 Å². The number of nitrogen functional groups attached to an aromatic ring is 2. The standard InChI is InChI=1S/C12H18ClFN4O/c1-18-2-3-19-7(6-18)5-17-12-9(16)4-8(15)10(13)11(12)14/h4,7,17H,2-3,5-6,15-16H2,1H3. The Hall–Kier alpha value is -1.24. The predicted molar refractivity (Wildman–Crippen MR) is 76.0 cm³/mol. The van der Waals surface area contributed by atoms with Crippen LogP contribution in [0, 0.1) is 5.82 Å². The lowest BCUT2D eigenvalue weighted by molar-refractivity contribution is -0.0117. The molecule has 1 atom stereocenters. The Morgan fingerprint density at radius 2 is 2.26 bits per heavy atom. The van der Waals surface area contributed by atoms with Gasteiger partial charge in [-0.2, -0.15) is 0 Å². The average molecular weight is 289 g/mol. The minimum absolute atomic E-state index is 0.00567. The highest BCUT2D eigenvalue weighted by molar-refractivity contribution is 6.33. The number of anilines is 3. The summed E-state index contributed by atoms with van der Waals surface area (Å²) in [4.78, 5) is 2.16. The van der Waals surface area contributed by atoms with E-state index in [1.807, 2.05) is 7.05 Å². The molecule has 106 valence electrons. The molecular weight excluding hydrogens is 271 g/mol. The fourth-order valence-corrected chi connectivity index (χ4v) is 2.20. The summed E-state index contributed by atoms with van der Waals surface area (Å²) in [6.45, 7) is 2.83. The zero-order valence-electron chi connectivity index (χ0n) is 10.7. The number of rotatable bonds is 3. The number of halogens is 2. The van der Waals surface area contributed by atoms with E-state index in [-0.39, 0.29) is 28.2 Å². The average Bonchev–Trinajstić information content (AvgIpc) is 2.36. The molecule has 0 saturated carbocycles. The Morgan fingerprint density at radius 1 is 1.53 bits per heavy atom. The van der Waals surface area contributed by atoms with Gasteiger partial charge in [0.15, 0.2) is 5.82 Å². The van der Waals surface area contributed by atoms with E-state index in [0.29, 0.717) is 13.2 Å². The second-order valence-electron chi connectivity index (χ2n) is 4.69. The largest absolute Gasteiger partial charge is 0.397 e. The van der Waals surface area contributed by atoms with E-state index in [9.17, 15) is 4.39 Å². The van der Waals surface area contributed by atoms with Gasteiger partial charge in [-0.25, -0.2) is 4.39 Å². The Kier molecular flexibility index (Phi) is 4.34. The van der Waals surface area contributed by atoms with Gasteiger partial charge in [-0.05, 0) is 13.1 Å². The molecule has 5 N–H and O–H groups in total. The van der Waals surface area contributed by atoms with Crippen LogP contribution < -0.4 is 16.8 Å². The molecular formula is C12H18ClFN4O. The summed E-state index contributed by atoms with van der Waals surface area (Å²) < 4.78 is 19.5. The van der Waals surface area contributed by atoms with Crippen molar-refractivity contribution >= 4 is 28.7 Å². The SMILES string of the molecule is CN1CCOC(CNc2c(N)cc(N)c(Cl)c2F)C1. The van der Waals surface area contributed by atoms with Crippen molar-refractivity contribution in [2.24, 2.45) is 0 Å². The normalized spacial score (nSPS) is 20.5. The Labute approximate surface area is 116 Å². The van der Waals surface area contributed by atoms with Gasteiger partial charge in [-0.1, -0.05) is 11.6 Å². The lowest BCUT2D eigenvalue weighted by atomic mass is 10.2. The van der Waals surface area contributed by atoms with Crippen molar-refractivity contribution in [3.63, 3.8) is 0 Å². The molecule has 0 radical (unpaired) electrons. The maximum Gasteiger partial charge on any atom is 0.169 e. The molecule has 0 aliphatic carbocycles. The van der Waals surface area contributed by atoms with Crippen LogP contribution in [-0.2, 0) is 4.74 Å². The van der Waals surface area contributed by atoms with E-state index in [1.165, 1.54) is 6.07 Å². The van der Waals surface area contributed by atoms with Crippen molar-refractivity contribution in [1.29, 1.82) is 0 Å². The predicted octanol–water partition coefficient (Wildman–Crippen LogP) is 1.39. The molecule has 7 heteroatoms. The number of morpholine rings is 1. The van der Waals surface area contributed by atoms with E-state index < -0.39 is 5.82 Å². The molecule has 1 unspecified atom stereocenters. The quantitative estimate of drug-likeness (QED) is 0.733. The second kappa shape index (κ2) is 5.81. The molecule has 0 spiro atoms. The summed E-state index contributed by atoms with van der Waals surface area (Å²) in [5, 5.41) is 2.84. The van der Waals surface area contributed by atoms with Crippen LogP contribution in [0.5, 0.6) is 0 Å². The third kappa shape index (κ3) is 3.20. The van der Waals surface area contributed by atoms with Gasteiger partial charge < -0.3 is 26.4 Å². The summed E-state index contributed by atoms with van der Waals surface area (Å²) >= 11 is 5.76. The van der Waals surface area contributed by atoms with E-state index >= 15 is 0 Å². The van der Waals surface area contributed by atoms with Gasteiger partial charge in [0.05, 0.1) is 29.8 Å². The Bertz CT molecular complexity index is 472. The van der Waals surface area contributed by atoms with Gasteiger partial charge in [-0.15, -0.1) is 0 Å². The number of ether oxygens (including phenoxy) is 1. The molecule has 1 fully saturated rings. The van der Waals surface area contributed by atoms with Crippen LogP contribution in [0.3, 0.4) is 0 Å². The van der Waals surface area contributed by atoms with Crippen LogP contribution in [0.4, 0.5) is 21.5 Å². The number of nitrogens with two attached hydrogens (primary N) is 2. The van der Waals surface area contributed by atoms with Crippen molar-refractivity contribution in [3.05, 3.63) is 16.9 Å². The molecule has 1 saturated heterocycles. The van der Waals surface area contributed by atoms with Gasteiger partial charge in [-0.3, -0.25) is 0 Å². The van der Waals surface area contributed by atoms with Crippen molar-refractivity contribution < 1.29 is 9.13 Å². The molecule has 1 aliphatic rings. The molecule has 0 bridgehead atoms. The van der Waals surface area contributed by atoms with Crippen LogP contribution in [0.25, 0.3) is 0 Å². The van der Waals surface area contributed by atoms with Crippen molar-refractivity contribution in [3.8, 4) is 0 Å². The lowest BCUT2D eigenvalue weighted by Crippen LogP contribution is -2.43. The molecule has 5 nitrogen and oxygen atoms in total. The van der Waals surface area contributed by atoms with Crippen LogP contribution in [0.1, 0.15) is 0 Å². The molecule has 0 amide bonds. The smallest absolute Gasteiger partial charge is 0.169 e. The fourth-order valence-electron chi connectivity index (χ4n) is 2.05. The highest BCUT2D eigenvalue weighted by atomic mass is 35.5. The maximum absolute atomic E-state index is 13.9. The molecule has 0 aromatic heterocycles. The minimum Gasteiger partial charge on any atom is -0.397 e. The Morgan fingerprint density at radius 3 is 2.95 bits per heavy atom. The first-order valence-corrected chi connectivity index (χ1v) is 6.43. The van der Waals surface area contributed by atoms with Gasteiger partial charge in [0.25, 0.3) is 0 Å². The van der Waals surface area contributed by atoms with Crippen molar-refractivity contribution in [2.75, 3.05) is 50.1 Å². The molecule has 1 heterocycles. The zero-order valence-corrected chi connectivity index (χ0v) is 11.5. The first-order valence-electron chi connectivity index (χ1n) is 6.06. The van der Waals surface area contributed by atoms with Gasteiger partial charge >= 0.3 is 0 Å². The summed E-state index contributed by atoms with van der Waals surface area (Å²) in [6.07, 6.45) is -0.00567. The van der Waals surface area contributed by atoms with Crippen LogP contribution in [-0.4, -0.2) is 44.3 Å². The molecule has 1 aromatic rings. The van der Waals surface area contributed by atoms with Crippen LogP contribution >= 0.6 is 11.6 Å². The van der Waals surface area contributed by atoms with Crippen LogP contribution in [0.2, 0.25) is 5.02 Å². The fraction of sp³-hybridized carbons (Fsp3) is 0.500. The second-order valence-corrected chi connectivity index (χ2v) is 5.07. The summed E-state index contributed by atoms with van der Waals surface area (Å²) in [5.41, 5.74) is 11.8. The third-order valence-electron chi connectivity index (χ3n) is 3.11. The van der Waals surface area contributed by atoms with Crippen LogP contribution in [0.15, 0.2) is 6.07 Å². The third-order valence-corrected chi connectivity index (χ3v) is 3.50. The van der Waals surface area contributed by atoms with Gasteiger partial charge in [0.2, 0.25) is 0 Å². The van der Waals surface area contributed by atoms with E-state index in [4.69, 9.17) is 27.8 Å². The van der Waals surface area contributed by atoms with E-state index in [1.54, 1.807) is 0 Å². The first kappa shape index (κ1) is 14.2. The molecule has 2 rings (SSSR count). The molecule has 1 aromatic carbocycles. The van der Waals surface area contributed by atoms with Crippen molar-refractivity contribution in [1.82, 2.24) is 4.90 Å². The highest BCUT2D eigenvalue weighted by Gasteiger charge is 2.19. The molecule has 1 aliphatic heterocycles. The number of benzene rings is 1. The number of hydrogen-bond donors (Lipinski definition) is 3. The number of nitrogens with one attached hydrogen (secondary N) is 1. The van der Waals surface area contributed by atoms with Gasteiger partial charge in [0.1, 0.15) is 5.02 Å². The highest BCUT2D eigenvalue weighted by Crippen LogP contribution is 2.33. The summed E-state index contributed by atoms with van der Waals surface area (Å²) in [5.74, 6) is -0.622. The number of hydrogen-bond acceptors (Lipinski definition) is 5. The van der Waals surface area contributed by atoms with E-state index in [2.05, 4.69) is 10.2 Å². The topological polar surface area (TPSA) is 76.5 Å².